The molecule has 3 aromatic rings. The second-order valence-electron chi connectivity index (χ2n) is 7.37. The molecule has 2 fully saturated rings. The molecular weight excluding hydrogens is 370 g/mol. The molecule has 2 saturated heterocycles. The average molecular weight is 391 g/mol. The Bertz CT molecular complexity index is 1010. The zero-order chi connectivity index (χ0) is 19.1. The monoisotopic (exact) mass is 391 g/mol. The van der Waals surface area contributed by atoms with E-state index in [2.05, 4.69) is 6.07 Å². The van der Waals surface area contributed by atoms with E-state index in [-0.39, 0.29) is 17.9 Å². The van der Waals surface area contributed by atoms with Crippen LogP contribution in [0.25, 0.3) is 10.2 Å². The van der Waals surface area contributed by atoms with Crippen molar-refractivity contribution in [2.45, 2.75) is 31.7 Å². The Hall–Kier alpha value is -2.73. The van der Waals surface area contributed by atoms with Gasteiger partial charge in [0.05, 0.1) is 16.3 Å². The summed E-state index contributed by atoms with van der Waals surface area (Å²) in [5.74, 6) is 0.204. The van der Waals surface area contributed by atoms with Gasteiger partial charge in [-0.15, -0.1) is 11.3 Å². The molecule has 0 bridgehead atoms. The van der Waals surface area contributed by atoms with Crippen LogP contribution >= 0.6 is 11.3 Å². The van der Waals surface area contributed by atoms with Crippen LogP contribution in [-0.4, -0.2) is 34.8 Å². The average Bonchev–Trinajstić information content (AvgIpc) is 3.46. The first-order valence-electron chi connectivity index (χ1n) is 9.77. The molecule has 0 spiro atoms. The third-order valence-corrected chi connectivity index (χ3v) is 6.75. The van der Waals surface area contributed by atoms with Crippen LogP contribution in [0.1, 0.15) is 47.1 Å². The molecule has 0 radical (unpaired) electrons. The highest BCUT2D eigenvalue weighted by Crippen LogP contribution is 2.37. The van der Waals surface area contributed by atoms with Crippen LogP contribution in [0.4, 0.5) is 5.69 Å². The standard InChI is InChI=1S/C22H21N3O2S/c26-20-8-4-13-24(20)16-11-9-15(10-12-16)22(27)25-14-3-6-18(25)21-23-17-5-1-2-7-19(17)28-21/h1-2,5,7,9-12,18H,3-4,6,8,13-14H2. The zero-order valence-electron chi connectivity index (χ0n) is 15.5. The number of rotatable bonds is 3. The molecule has 6 heteroatoms. The number of likely N-dealkylation sites (tertiary alicyclic amines) is 1. The van der Waals surface area contributed by atoms with Crippen molar-refractivity contribution in [1.29, 1.82) is 0 Å². The zero-order valence-corrected chi connectivity index (χ0v) is 16.3. The molecule has 0 saturated carbocycles. The number of amides is 2. The number of thiazole rings is 1. The molecule has 3 heterocycles. The summed E-state index contributed by atoms with van der Waals surface area (Å²) >= 11 is 1.68. The van der Waals surface area contributed by atoms with Gasteiger partial charge in [0, 0.05) is 30.8 Å². The summed E-state index contributed by atoms with van der Waals surface area (Å²) in [7, 11) is 0. The number of nitrogens with zero attached hydrogens (tertiary/aromatic N) is 3. The molecule has 5 rings (SSSR count). The van der Waals surface area contributed by atoms with Crippen LogP contribution in [-0.2, 0) is 4.79 Å². The maximum absolute atomic E-state index is 13.2. The van der Waals surface area contributed by atoms with Crippen LogP contribution < -0.4 is 4.90 Å². The van der Waals surface area contributed by atoms with Crippen LogP contribution in [0, 0.1) is 0 Å². The molecule has 0 N–H and O–H groups in total. The number of hydrogen-bond donors (Lipinski definition) is 0. The van der Waals surface area contributed by atoms with E-state index in [0.717, 1.165) is 53.3 Å². The molecule has 1 atom stereocenters. The Morgan fingerprint density at radius 1 is 1.04 bits per heavy atom. The lowest BCUT2D eigenvalue weighted by Gasteiger charge is -2.23. The van der Waals surface area contributed by atoms with Crippen LogP contribution in [0.5, 0.6) is 0 Å². The summed E-state index contributed by atoms with van der Waals surface area (Å²) in [5, 5.41) is 1.02. The Kier molecular flexibility index (Phi) is 4.36. The van der Waals surface area contributed by atoms with Crippen molar-refractivity contribution in [1.82, 2.24) is 9.88 Å². The van der Waals surface area contributed by atoms with E-state index in [9.17, 15) is 9.59 Å². The molecule has 5 nitrogen and oxygen atoms in total. The molecule has 2 aliphatic rings. The van der Waals surface area contributed by atoms with Gasteiger partial charge >= 0.3 is 0 Å². The van der Waals surface area contributed by atoms with E-state index >= 15 is 0 Å². The minimum atomic E-state index is 0.0426. The molecule has 2 amide bonds. The van der Waals surface area contributed by atoms with Crippen molar-refractivity contribution in [3.8, 4) is 0 Å². The topological polar surface area (TPSA) is 53.5 Å². The number of hydrogen-bond acceptors (Lipinski definition) is 4. The second kappa shape index (κ2) is 7.02. The van der Waals surface area contributed by atoms with E-state index in [1.54, 1.807) is 16.2 Å². The van der Waals surface area contributed by atoms with Gasteiger partial charge < -0.3 is 9.80 Å². The Balaban J connectivity index is 1.38. The smallest absolute Gasteiger partial charge is 0.254 e. The number of para-hydroxylation sites is 1. The summed E-state index contributed by atoms with van der Waals surface area (Å²) in [4.78, 5) is 33.6. The van der Waals surface area contributed by atoms with Gasteiger partial charge in [-0.25, -0.2) is 4.98 Å². The van der Waals surface area contributed by atoms with E-state index in [1.165, 1.54) is 0 Å². The summed E-state index contributed by atoms with van der Waals surface area (Å²) in [6.45, 7) is 1.52. The van der Waals surface area contributed by atoms with Crippen molar-refractivity contribution >= 4 is 39.1 Å². The SMILES string of the molecule is O=C1CCCN1c1ccc(C(=O)N2CCCC2c2nc3ccccc3s2)cc1. The number of fused-ring (bicyclic) bond motifs is 1. The van der Waals surface area contributed by atoms with E-state index in [4.69, 9.17) is 4.98 Å². The number of benzene rings is 2. The first-order chi connectivity index (χ1) is 13.7. The van der Waals surface area contributed by atoms with Gasteiger partial charge in [-0.2, -0.15) is 0 Å². The molecule has 28 heavy (non-hydrogen) atoms. The predicted molar refractivity (Wildman–Crippen MR) is 111 cm³/mol. The van der Waals surface area contributed by atoms with E-state index < -0.39 is 0 Å². The highest BCUT2D eigenvalue weighted by molar-refractivity contribution is 7.18. The van der Waals surface area contributed by atoms with Crippen LogP contribution in [0.15, 0.2) is 48.5 Å². The van der Waals surface area contributed by atoms with Gasteiger partial charge in [-0.1, -0.05) is 12.1 Å². The first-order valence-corrected chi connectivity index (χ1v) is 10.6. The fraction of sp³-hybridized carbons (Fsp3) is 0.318. The molecule has 1 unspecified atom stereocenters. The normalized spacial score (nSPS) is 19.7. The molecule has 2 aromatic carbocycles. The van der Waals surface area contributed by atoms with Crippen LogP contribution in [0.2, 0.25) is 0 Å². The molecule has 1 aromatic heterocycles. The maximum atomic E-state index is 13.2. The van der Waals surface area contributed by atoms with Crippen LogP contribution in [0.3, 0.4) is 0 Å². The van der Waals surface area contributed by atoms with Crippen molar-refractivity contribution in [2.75, 3.05) is 18.0 Å². The van der Waals surface area contributed by atoms with Crippen molar-refractivity contribution in [3.05, 3.63) is 59.1 Å². The third-order valence-electron chi connectivity index (χ3n) is 5.61. The molecule has 142 valence electrons. The van der Waals surface area contributed by atoms with Gasteiger partial charge in [0.2, 0.25) is 5.91 Å². The minimum absolute atomic E-state index is 0.0426. The van der Waals surface area contributed by atoms with Crippen molar-refractivity contribution in [2.24, 2.45) is 0 Å². The number of anilines is 1. The quantitative estimate of drug-likeness (QED) is 0.665. The molecule has 2 aliphatic heterocycles. The Morgan fingerprint density at radius 2 is 1.86 bits per heavy atom. The largest absolute Gasteiger partial charge is 0.329 e. The van der Waals surface area contributed by atoms with Crippen molar-refractivity contribution in [3.63, 3.8) is 0 Å². The Morgan fingerprint density at radius 3 is 2.61 bits per heavy atom. The number of carbonyl (C=O) groups excluding carboxylic acids is 2. The lowest BCUT2D eigenvalue weighted by molar-refractivity contribution is -0.117. The van der Waals surface area contributed by atoms with E-state index in [1.807, 2.05) is 47.4 Å². The van der Waals surface area contributed by atoms with Gasteiger partial charge in [0.1, 0.15) is 5.01 Å². The third kappa shape index (κ3) is 2.98. The first kappa shape index (κ1) is 17.4. The summed E-state index contributed by atoms with van der Waals surface area (Å²) in [6.07, 6.45) is 3.45. The highest BCUT2D eigenvalue weighted by Gasteiger charge is 2.33. The fourth-order valence-corrected chi connectivity index (χ4v) is 5.29. The maximum Gasteiger partial charge on any atom is 0.254 e. The van der Waals surface area contributed by atoms with Gasteiger partial charge in [-0.05, 0) is 55.7 Å². The summed E-state index contributed by atoms with van der Waals surface area (Å²) < 4.78 is 1.16. The summed E-state index contributed by atoms with van der Waals surface area (Å²) in [6, 6.07) is 15.6. The fourth-order valence-electron chi connectivity index (χ4n) is 4.17. The molecular formula is C22H21N3O2S. The van der Waals surface area contributed by atoms with Gasteiger partial charge in [0.25, 0.3) is 5.91 Å². The lowest BCUT2D eigenvalue weighted by atomic mass is 10.1. The highest BCUT2D eigenvalue weighted by atomic mass is 32.1. The lowest BCUT2D eigenvalue weighted by Crippen LogP contribution is -2.30. The Labute approximate surface area is 167 Å². The summed E-state index contributed by atoms with van der Waals surface area (Å²) in [5.41, 5.74) is 2.55. The number of carbonyl (C=O) groups is 2. The van der Waals surface area contributed by atoms with E-state index in [0.29, 0.717) is 12.0 Å². The predicted octanol–water partition coefficient (Wildman–Crippen LogP) is 4.40. The van der Waals surface area contributed by atoms with Gasteiger partial charge in [-0.3, -0.25) is 9.59 Å². The number of aromatic nitrogens is 1. The second-order valence-corrected chi connectivity index (χ2v) is 8.43. The van der Waals surface area contributed by atoms with Crippen molar-refractivity contribution < 1.29 is 9.59 Å². The van der Waals surface area contributed by atoms with Gasteiger partial charge in [0.15, 0.2) is 0 Å². The molecule has 0 aliphatic carbocycles. The minimum Gasteiger partial charge on any atom is -0.329 e.